The van der Waals surface area contributed by atoms with E-state index in [0.29, 0.717) is 48.9 Å². The quantitative estimate of drug-likeness (QED) is 0.428. The number of benzene rings is 3. The number of nitrogens with zero attached hydrogens (tertiary/aromatic N) is 2. The Morgan fingerprint density at radius 1 is 0.912 bits per heavy atom. The molecule has 0 unspecified atom stereocenters. The van der Waals surface area contributed by atoms with Crippen LogP contribution < -0.4 is 5.32 Å². The summed E-state index contributed by atoms with van der Waals surface area (Å²) in [6.07, 6.45) is 1.85. The first-order valence-electron chi connectivity index (χ1n) is 12.0. The van der Waals surface area contributed by atoms with Gasteiger partial charge in [0.25, 0.3) is 0 Å². The summed E-state index contributed by atoms with van der Waals surface area (Å²) in [6.45, 7) is 2.72. The average molecular weight is 450 g/mol. The van der Waals surface area contributed by atoms with Crippen LogP contribution >= 0.6 is 0 Å². The molecule has 34 heavy (non-hydrogen) atoms. The molecule has 0 radical (unpaired) electrons. The first-order chi connectivity index (χ1) is 16.7. The predicted octanol–water partition coefficient (Wildman–Crippen LogP) is 5.39. The lowest BCUT2D eigenvalue weighted by Gasteiger charge is -2.45. The van der Waals surface area contributed by atoms with Crippen molar-refractivity contribution >= 4 is 5.91 Å². The van der Waals surface area contributed by atoms with Crippen LogP contribution in [0.1, 0.15) is 58.4 Å². The van der Waals surface area contributed by atoms with Gasteiger partial charge < -0.3 is 9.73 Å². The molecule has 3 aliphatic rings. The Morgan fingerprint density at radius 3 is 2.24 bits per heavy atom. The zero-order valence-electron chi connectivity index (χ0n) is 19.2. The van der Waals surface area contributed by atoms with Crippen molar-refractivity contribution in [3.05, 3.63) is 107 Å². The highest BCUT2D eigenvalue weighted by Gasteiger charge is 2.42. The molecule has 1 heterocycles. The topological polar surface area (TPSA) is 68.0 Å². The Balaban J connectivity index is 1.09. The van der Waals surface area contributed by atoms with Crippen LogP contribution in [0, 0.1) is 12.8 Å². The van der Waals surface area contributed by atoms with Crippen molar-refractivity contribution in [2.24, 2.45) is 5.92 Å². The maximum Gasteiger partial charge on any atom is 0.247 e. The third-order valence-corrected chi connectivity index (χ3v) is 7.32. The van der Waals surface area contributed by atoms with Gasteiger partial charge in [-0.15, -0.1) is 10.2 Å². The van der Waals surface area contributed by atoms with Gasteiger partial charge in [-0.1, -0.05) is 66.2 Å². The number of carbonyl (C=O) groups is 1. The van der Waals surface area contributed by atoms with Crippen LogP contribution in [0.3, 0.4) is 0 Å². The van der Waals surface area contributed by atoms with Gasteiger partial charge >= 0.3 is 0 Å². The summed E-state index contributed by atoms with van der Waals surface area (Å²) in [4.78, 5) is 12.7. The second kappa shape index (κ2) is 8.56. The molecule has 1 atom stereocenters. The molecule has 5 nitrogen and oxygen atoms in total. The fourth-order valence-electron chi connectivity index (χ4n) is 5.68. The van der Waals surface area contributed by atoms with E-state index in [9.17, 15) is 4.79 Å². The summed E-state index contributed by atoms with van der Waals surface area (Å²) < 4.78 is 5.77. The van der Waals surface area contributed by atoms with E-state index in [1.165, 1.54) is 27.8 Å². The minimum atomic E-state index is 0.0260. The lowest BCUT2D eigenvalue weighted by atomic mass is 9.59. The second-order valence-corrected chi connectivity index (χ2v) is 9.45. The number of hydrogen-bond acceptors (Lipinski definition) is 4. The highest BCUT2D eigenvalue weighted by Crippen LogP contribution is 2.55. The van der Waals surface area contributed by atoms with Crippen LogP contribution in [0.5, 0.6) is 0 Å². The van der Waals surface area contributed by atoms with Crippen LogP contribution in [0.25, 0.3) is 11.5 Å². The Bertz CT molecular complexity index is 1290. The van der Waals surface area contributed by atoms with E-state index >= 15 is 0 Å². The van der Waals surface area contributed by atoms with Crippen molar-refractivity contribution in [1.29, 1.82) is 0 Å². The highest BCUT2D eigenvalue weighted by atomic mass is 16.4. The largest absolute Gasteiger partial charge is 0.421 e. The standard InChI is InChI=1S/C29H27N3O2/c1-18-10-12-19(13-11-18)29-32-31-27(34-29)15-14-26(33)30-17-20-16-25-21-6-2-4-8-23(21)28(20)24-9-5-3-7-22(24)25/h2-13,20,25,28H,14-17H2,1H3,(H,30,33)/t20-,25?,28?/m1/s1. The summed E-state index contributed by atoms with van der Waals surface area (Å²) >= 11 is 0. The normalized spacial score (nSPS) is 20.0. The zero-order chi connectivity index (χ0) is 23.1. The molecule has 7 rings (SSSR count). The highest BCUT2D eigenvalue weighted by molar-refractivity contribution is 5.76. The summed E-state index contributed by atoms with van der Waals surface area (Å²) in [5.74, 6) is 2.16. The number of rotatable bonds is 6. The fraction of sp³-hybridized carbons (Fsp3) is 0.276. The van der Waals surface area contributed by atoms with Crippen molar-refractivity contribution in [2.75, 3.05) is 6.54 Å². The van der Waals surface area contributed by atoms with E-state index in [0.717, 1.165) is 12.0 Å². The van der Waals surface area contributed by atoms with Crippen molar-refractivity contribution in [2.45, 2.75) is 38.0 Å². The lowest BCUT2D eigenvalue weighted by molar-refractivity contribution is -0.121. The maximum atomic E-state index is 12.7. The van der Waals surface area contributed by atoms with E-state index in [-0.39, 0.29) is 5.91 Å². The van der Waals surface area contributed by atoms with Crippen molar-refractivity contribution in [3.8, 4) is 11.5 Å². The van der Waals surface area contributed by atoms with Crippen LogP contribution in [0.15, 0.2) is 77.2 Å². The van der Waals surface area contributed by atoms with Crippen LogP contribution in [0.4, 0.5) is 0 Å². The van der Waals surface area contributed by atoms with Gasteiger partial charge in [-0.25, -0.2) is 0 Å². The molecule has 0 spiro atoms. The molecule has 170 valence electrons. The maximum absolute atomic E-state index is 12.7. The number of amides is 1. The fourth-order valence-corrected chi connectivity index (χ4v) is 5.68. The van der Waals surface area contributed by atoms with Gasteiger partial charge in [0.2, 0.25) is 17.7 Å². The van der Waals surface area contributed by atoms with Gasteiger partial charge in [0.1, 0.15) is 0 Å². The molecule has 3 aromatic carbocycles. The number of carbonyl (C=O) groups excluding carboxylic acids is 1. The molecule has 0 saturated carbocycles. The monoisotopic (exact) mass is 449 g/mol. The SMILES string of the molecule is Cc1ccc(-c2nnc(CCC(=O)NC[C@H]3CC4c5ccccc5C3c3ccccc34)o2)cc1. The van der Waals surface area contributed by atoms with Gasteiger partial charge in [0.15, 0.2) is 0 Å². The Morgan fingerprint density at radius 2 is 1.56 bits per heavy atom. The van der Waals surface area contributed by atoms with E-state index in [2.05, 4.69) is 64.0 Å². The summed E-state index contributed by atoms with van der Waals surface area (Å²) in [5, 5.41) is 11.4. The summed E-state index contributed by atoms with van der Waals surface area (Å²) in [6, 6.07) is 25.6. The second-order valence-electron chi connectivity index (χ2n) is 9.45. The van der Waals surface area contributed by atoms with E-state index in [4.69, 9.17) is 4.42 Å². The minimum absolute atomic E-state index is 0.0260. The smallest absolute Gasteiger partial charge is 0.247 e. The van der Waals surface area contributed by atoms with Crippen molar-refractivity contribution in [3.63, 3.8) is 0 Å². The van der Waals surface area contributed by atoms with E-state index in [1.807, 2.05) is 31.2 Å². The number of aromatic nitrogens is 2. The lowest BCUT2D eigenvalue weighted by Crippen LogP contribution is -2.39. The van der Waals surface area contributed by atoms with Crippen LogP contribution in [0.2, 0.25) is 0 Å². The molecule has 0 saturated heterocycles. The van der Waals surface area contributed by atoms with E-state index < -0.39 is 0 Å². The number of aryl methyl sites for hydroxylation is 2. The minimum Gasteiger partial charge on any atom is -0.421 e. The third kappa shape index (κ3) is 3.71. The van der Waals surface area contributed by atoms with Gasteiger partial charge in [0.05, 0.1) is 0 Å². The van der Waals surface area contributed by atoms with Crippen LogP contribution in [-0.2, 0) is 11.2 Å². The van der Waals surface area contributed by atoms with Gasteiger partial charge in [-0.2, -0.15) is 0 Å². The van der Waals surface area contributed by atoms with Crippen molar-refractivity contribution < 1.29 is 9.21 Å². The number of nitrogens with one attached hydrogen (secondary N) is 1. The third-order valence-electron chi connectivity index (χ3n) is 7.32. The summed E-state index contributed by atoms with van der Waals surface area (Å²) in [7, 11) is 0. The number of fused-ring (bicyclic) bond motifs is 1. The molecule has 0 fully saturated rings. The van der Waals surface area contributed by atoms with E-state index in [1.54, 1.807) is 0 Å². The molecule has 1 aromatic heterocycles. The molecule has 0 aliphatic heterocycles. The average Bonchev–Trinajstić information content (AvgIpc) is 3.36. The zero-order valence-corrected chi connectivity index (χ0v) is 19.2. The predicted molar refractivity (Wildman–Crippen MR) is 130 cm³/mol. The van der Waals surface area contributed by atoms with Gasteiger partial charge in [-0.05, 0) is 53.6 Å². The Hall–Kier alpha value is -3.73. The molecule has 1 N–H and O–H groups in total. The first-order valence-corrected chi connectivity index (χ1v) is 12.0. The Kier molecular flexibility index (Phi) is 5.25. The molecule has 3 aliphatic carbocycles. The van der Waals surface area contributed by atoms with Gasteiger partial charge in [-0.3, -0.25) is 4.79 Å². The molecule has 1 amide bonds. The molecule has 4 aromatic rings. The molecule has 5 heteroatoms. The molecular formula is C29H27N3O2. The first kappa shape index (κ1) is 20.8. The number of hydrogen-bond donors (Lipinski definition) is 1. The molecular weight excluding hydrogens is 422 g/mol. The van der Waals surface area contributed by atoms with Crippen molar-refractivity contribution in [1.82, 2.24) is 15.5 Å². The molecule has 2 bridgehead atoms. The van der Waals surface area contributed by atoms with Gasteiger partial charge in [0, 0.05) is 36.8 Å². The summed E-state index contributed by atoms with van der Waals surface area (Å²) in [5.41, 5.74) is 7.82. The Labute approximate surface area is 199 Å². The van der Waals surface area contributed by atoms with Crippen LogP contribution in [-0.4, -0.2) is 22.6 Å².